The Labute approximate surface area is 149 Å². The van der Waals surface area contributed by atoms with Gasteiger partial charge in [0.2, 0.25) is 0 Å². The second-order valence-corrected chi connectivity index (χ2v) is 5.92. The average molecular weight is 347 g/mol. The predicted molar refractivity (Wildman–Crippen MR) is 95.9 cm³/mol. The number of aryl methyl sites for hydroxylation is 1. The van der Waals surface area contributed by atoms with E-state index in [2.05, 4.69) is 15.1 Å². The second-order valence-electron chi connectivity index (χ2n) is 5.92. The van der Waals surface area contributed by atoms with E-state index in [9.17, 15) is 4.79 Å². The summed E-state index contributed by atoms with van der Waals surface area (Å²) in [5.74, 6) is 0.182. The number of benzene rings is 1. The topological polar surface area (TPSA) is 74.8 Å². The fourth-order valence-corrected chi connectivity index (χ4v) is 2.90. The fraction of sp³-hybridized carbons (Fsp3) is 0.158. The largest absolute Gasteiger partial charge is 0.450 e. The van der Waals surface area contributed by atoms with Crippen LogP contribution in [0, 0.1) is 0 Å². The van der Waals surface area contributed by atoms with Gasteiger partial charge in [-0.15, -0.1) is 0 Å². The molecule has 0 fully saturated rings. The van der Waals surface area contributed by atoms with Gasteiger partial charge in [0, 0.05) is 25.6 Å². The van der Waals surface area contributed by atoms with Gasteiger partial charge in [-0.2, -0.15) is 5.10 Å². The van der Waals surface area contributed by atoms with Crippen molar-refractivity contribution < 1.29 is 9.53 Å². The summed E-state index contributed by atoms with van der Waals surface area (Å²) in [7, 11) is 1.91. The van der Waals surface area contributed by atoms with E-state index in [-0.39, 0.29) is 5.69 Å². The van der Waals surface area contributed by atoms with Crippen LogP contribution in [0.1, 0.15) is 29.3 Å². The number of para-hydroxylation sites is 2. The molecule has 0 saturated carbocycles. The van der Waals surface area contributed by atoms with E-state index in [1.54, 1.807) is 42.3 Å². The van der Waals surface area contributed by atoms with Gasteiger partial charge in [0.05, 0.1) is 16.7 Å². The highest BCUT2D eigenvalue weighted by Crippen LogP contribution is 2.22. The van der Waals surface area contributed by atoms with Gasteiger partial charge < -0.3 is 9.30 Å². The van der Waals surface area contributed by atoms with E-state index in [4.69, 9.17) is 4.74 Å². The van der Waals surface area contributed by atoms with Crippen LogP contribution in [-0.4, -0.2) is 30.3 Å². The van der Waals surface area contributed by atoms with Gasteiger partial charge in [0.1, 0.15) is 0 Å². The van der Waals surface area contributed by atoms with Crippen molar-refractivity contribution in [3.8, 4) is 5.69 Å². The molecule has 3 aromatic heterocycles. The molecule has 0 radical (unpaired) electrons. The summed E-state index contributed by atoms with van der Waals surface area (Å²) in [6.45, 7) is 1.80. The van der Waals surface area contributed by atoms with Gasteiger partial charge in [0.25, 0.3) is 0 Å². The molecule has 0 spiro atoms. The van der Waals surface area contributed by atoms with Crippen molar-refractivity contribution in [2.75, 3.05) is 0 Å². The lowest BCUT2D eigenvalue weighted by Crippen LogP contribution is -2.14. The number of imidazole rings is 1. The molecule has 130 valence electrons. The monoisotopic (exact) mass is 347 g/mol. The van der Waals surface area contributed by atoms with Crippen molar-refractivity contribution in [1.29, 1.82) is 0 Å². The van der Waals surface area contributed by atoms with E-state index in [1.807, 2.05) is 41.9 Å². The normalized spacial score (nSPS) is 12.2. The molecule has 1 atom stereocenters. The summed E-state index contributed by atoms with van der Waals surface area (Å²) in [6.07, 6.45) is 4.53. The van der Waals surface area contributed by atoms with Gasteiger partial charge >= 0.3 is 5.97 Å². The van der Waals surface area contributed by atoms with Crippen molar-refractivity contribution in [3.63, 3.8) is 0 Å². The molecular weight excluding hydrogens is 330 g/mol. The molecule has 0 aliphatic carbocycles. The quantitative estimate of drug-likeness (QED) is 0.530. The maximum Gasteiger partial charge on any atom is 0.357 e. The average Bonchev–Trinajstić information content (AvgIpc) is 3.31. The number of aromatic nitrogens is 5. The summed E-state index contributed by atoms with van der Waals surface area (Å²) in [5, 5.41) is 4.15. The minimum atomic E-state index is -0.505. The molecule has 4 aromatic rings. The van der Waals surface area contributed by atoms with Crippen LogP contribution in [0.4, 0.5) is 0 Å². The Bertz CT molecular complexity index is 1070. The number of ether oxygens (including phenoxy) is 1. The van der Waals surface area contributed by atoms with Crippen LogP contribution in [0.5, 0.6) is 0 Å². The van der Waals surface area contributed by atoms with Crippen LogP contribution in [0.2, 0.25) is 0 Å². The third-order valence-electron chi connectivity index (χ3n) is 4.19. The van der Waals surface area contributed by atoms with Crippen LogP contribution in [-0.2, 0) is 11.8 Å². The number of esters is 1. The van der Waals surface area contributed by atoms with Gasteiger partial charge in [-0.3, -0.25) is 0 Å². The number of hydrogen-bond donors (Lipinski definition) is 0. The predicted octanol–water partition coefficient (Wildman–Crippen LogP) is 3.07. The zero-order valence-corrected chi connectivity index (χ0v) is 14.4. The molecular formula is C19H17N5O2. The van der Waals surface area contributed by atoms with Crippen LogP contribution in [0.15, 0.2) is 61.1 Å². The molecule has 0 saturated heterocycles. The van der Waals surface area contributed by atoms with Crippen molar-refractivity contribution in [2.45, 2.75) is 13.0 Å². The SMILES string of the molecule is CC(OC(=O)c1cc(-n2cccn2)ccn1)c1nc2ccccc2n1C. The third kappa shape index (κ3) is 2.83. The molecule has 0 bridgehead atoms. The molecule has 0 aliphatic rings. The summed E-state index contributed by atoms with van der Waals surface area (Å²) < 4.78 is 9.18. The first-order chi connectivity index (χ1) is 12.6. The Kier molecular flexibility index (Phi) is 3.96. The number of carbonyl (C=O) groups is 1. The molecule has 0 N–H and O–H groups in total. The molecule has 4 rings (SSSR count). The first kappa shape index (κ1) is 16.0. The molecule has 0 aliphatic heterocycles. The van der Waals surface area contributed by atoms with Gasteiger partial charge in [0.15, 0.2) is 17.6 Å². The lowest BCUT2D eigenvalue weighted by molar-refractivity contribution is 0.0308. The van der Waals surface area contributed by atoms with Crippen molar-refractivity contribution in [2.24, 2.45) is 7.05 Å². The third-order valence-corrected chi connectivity index (χ3v) is 4.19. The summed E-state index contributed by atoms with van der Waals surface area (Å²) in [4.78, 5) is 21.2. The molecule has 7 heteroatoms. The van der Waals surface area contributed by atoms with Crippen molar-refractivity contribution in [3.05, 3.63) is 72.6 Å². The van der Waals surface area contributed by atoms with E-state index in [0.717, 1.165) is 16.7 Å². The zero-order chi connectivity index (χ0) is 18.1. The van der Waals surface area contributed by atoms with Crippen molar-refractivity contribution >= 4 is 17.0 Å². The number of nitrogens with zero attached hydrogens (tertiary/aromatic N) is 5. The lowest BCUT2D eigenvalue weighted by Gasteiger charge is -2.13. The van der Waals surface area contributed by atoms with Gasteiger partial charge in [-0.25, -0.2) is 19.4 Å². The van der Waals surface area contributed by atoms with Gasteiger partial charge in [-0.05, 0) is 37.3 Å². The smallest absolute Gasteiger partial charge is 0.357 e. The summed E-state index contributed by atoms with van der Waals surface area (Å²) >= 11 is 0. The minimum Gasteiger partial charge on any atom is -0.450 e. The fourth-order valence-electron chi connectivity index (χ4n) is 2.90. The zero-order valence-electron chi connectivity index (χ0n) is 14.4. The van der Waals surface area contributed by atoms with E-state index < -0.39 is 12.1 Å². The van der Waals surface area contributed by atoms with Crippen molar-refractivity contribution in [1.82, 2.24) is 24.3 Å². The Balaban J connectivity index is 1.57. The number of fused-ring (bicyclic) bond motifs is 1. The molecule has 7 nitrogen and oxygen atoms in total. The molecule has 0 amide bonds. The summed E-state index contributed by atoms with van der Waals surface area (Å²) in [5.41, 5.74) is 2.83. The van der Waals surface area contributed by atoms with Crippen LogP contribution >= 0.6 is 0 Å². The number of pyridine rings is 1. The first-order valence-electron chi connectivity index (χ1n) is 8.22. The van der Waals surface area contributed by atoms with E-state index in [1.165, 1.54) is 0 Å². The highest BCUT2D eigenvalue weighted by atomic mass is 16.5. The maximum absolute atomic E-state index is 12.5. The highest BCUT2D eigenvalue weighted by molar-refractivity contribution is 5.88. The van der Waals surface area contributed by atoms with E-state index in [0.29, 0.717) is 5.82 Å². The Morgan fingerprint density at radius 1 is 1.15 bits per heavy atom. The summed E-state index contributed by atoms with van der Waals surface area (Å²) in [6, 6.07) is 13.0. The highest BCUT2D eigenvalue weighted by Gasteiger charge is 2.20. The number of hydrogen-bond acceptors (Lipinski definition) is 5. The molecule has 1 aromatic carbocycles. The van der Waals surface area contributed by atoms with E-state index >= 15 is 0 Å². The number of rotatable bonds is 4. The van der Waals surface area contributed by atoms with Crippen LogP contribution in [0.3, 0.4) is 0 Å². The maximum atomic E-state index is 12.5. The molecule has 3 heterocycles. The lowest BCUT2D eigenvalue weighted by atomic mass is 10.3. The van der Waals surface area contributed by atoms with Gasteiger partial charge in [-0.1, -0.05) is 12.1 Å². The van der Waals surface area contributed by atoms with Crippen LogP contribution in [0.25, 0.3) is 16.7 Å². The standard InChI is InChI=1S/C19H17N5O2/c1-13(18-22-15-6-3-4-7-17(15)23(18)2)26-19(25)16-12-14(8-10-20-16)24-11-5-9-21-24/h3-13H,1-2H3. The molecule has 26 heavy (non-hydrogen) atoms. The first-order valence-corrected chi connectivity index (χ1v) is 8.22. The second kappa shape index (κ2) is 6.44. The Morgan fingerprint density at radius 3 is 2.77 bits per heavy atom. The Hall–Kier alpha value is -3.48. The number of carbonyl (C=O) groups excluding carboxylic acids is 1. The molecule has 1 unspecified atom stereocenters. The van der Waals surface area contributed by atoms with Crippen LogP contribution < -0.4 is 0 Å². The minimum absolute atomic E-state index is 0.226. The Morgan fingerprint density at radius 2 is 2.00 bits per heavy atom.